The number of aliphatic hydroxyl groups is 1. The molecule has 1 saturated carbocycles. The van der Waals surface area contributed by atoms with Crippen LogP contribution in [0.1, 0.15) is 32.9 Å². The summed E-state index contributed by atoms with van der Waals surface area (Å²) in [6.07, 6.45) is 2.83. The molecule has 2 N–H and O–H groups in total. The van der Waals surface area contributed by atoms with E-state index in [1.165, 1.54) is 5.69 Å². The topological polar surface area (TPSA) is 37.2 Å². The molecule has 1 aromatic heterocycles. The summed E-state index contributed by atoms with van der Waals surface area (Å²) >= 11 is 0. The van der Waals surface area contributed by atoms with Gasteiger partial charge in [0, 0.05) is 36.4 Å². The number of hydrogen-bond acceptors (Lipinski definition) is 2. The van der Waals surface area contributed by atoms with Gasteiger partial charge in [0.15, 0.2) is 0 Å². The highest BCUT2D eigenvalue weighted by Crippen LogP contribution is 2.40. The lowest BCUT2D eigenvalue weighted by atomic mass is 9.64. The molecule has 0 bridgehead atoms. The average molecular weight is 222 g/mol. The Morgan fingerprint density at radius 1 is 1.56 bits per heavy atom. The van der Waals surface area contributed by atoms with Gasteiger partial charge in [0.05, 0.1) is 6.10 Å². The monoisotopic (exact) mass is 222 g/mol. The molecule has 90 valence electrons. The zero-order valence-corrected chi connectivity index (χ0v) is 10.4. The van der Waals surface area contributed by atoms with Crippen LogP contribution in [0.4, 0.5) is 0 Å². The molecule has 0 aromatic carbocycles. The summed E-state index contributed by atoms with van der Waals surface area (Å²) in [6.45, 7) is 8.30. The van der Waals surface area contributed by atoms with Gasteiger partial charge in [-0.15, -0.1) is 0 Å². The van der Waals surface area contributed by atoms with Crippen molar-refractivity contribution in [2.45, 2.75) is 52.4 Å². The number of aryl methyl sites for hydroxylation is 1. The van der Waals surface area contributed by atoms with E-state index in [0.29, 0.717) is 6.04 Å². The minimum atomic E-state index is -0.150. The van der Waals surface area contributed by atoms with E-state index in [1.807, 2.05) is 0 Å². The van der Waals surface area contributed by atoms with Crippen LogP contribution >= 0.6 is 0 Å². The highest BCUT2D eigenvalue weighted by Gasteiger charge is 2.46. The maximum atomic E-state index is 9.66. The summed E-state index contributed by atoms with van der Waals surface area (Å²) < 4.78 is 2.25. The summed E-state index contributed by atoms with van der Waals surface area (Å²) in [4.78, 5) is 0. The van der Waals surface area contributed by atoms with Crippen LogP contribution in [0.5, 0.6) is 0 Å². The molecule has 0 radical (unpaired) electrons. The largest absolute Gasteiger partial charge is 0.392 e. The minimum absolute atomic E-state index is 0.0175. The van der Waals surface area contributed by atoms with Gasteiger partial charge < -0.3 is 15.0 Å². The van der Waals surface area contributed by atoms with Crippen molar-refractivity contribution in [2.75, 3.05) is 0 Å². The molecule has 16 heavy (non-hydrogen) atoms. The molecule has 1 fully saturated rings. The third-order valence-electron chi connectivity index (χ3n) is 4.01. The lowest BCUT2D eigenvalue weighted by Gasteiger charge is -2.49. The maximum absolute atomic E-state index is 9.66. The van der Waals surface area contributed by atoms with Crippen LogP contribution < -0.4 is 5.32 Å². The van der Waals surface area contributed by atoms with Gasteiger partial charge in [0.2, 0.25) is 0 Å². The summed E-state index contributed by atoms with van der Waals surface area (Å²) in [7, 11) is 0. The highest BCUT2D eigenvalue weighted by atomic mass is 16.3. The Balaban J connectivity index is 1.89. The van der Waals surface area contributed by atoms with Crippen molar-refractivity contribution in [2.24, 2.45) is 5.41 Å². The molecule has 0 aliphatic heterocycles. The van der Waals surface area contributed by atoms with Crippen molar-refractivity contribution < 1.29 is 5.11 Å². The fourth-order valence-electron chi connectivity index (χ4n) is 2.40. The quantitative estimate of drug-likeness (QED) is 0.814. The van der Waals surface area contributed by atoms with Crippen LogP contribution in [0.2, 0.25) is 0 Å². The lowest BCUT2D eigenvalue weighted by molar-refractivity contribution is -0.0731. The fourth-order valence-corrected chi connectivity index (χ4v) is 2.40. The molecular formula is C13H22N2O. The van der Waals surface area contributed by atoms with E-state index < -0.39 is 0 Å². The minimum Gasteiger partial charge on any atom is -0.392 e. The predicted octanol–water partition coefficient (Wildman–Crippen LogP) is 1.76. The number of nitrogens with one attached hydrogen (secondary N) is 1. The van der Waals surface area contributed by atoms with Gasteiger partial charge in [-0.3, -0.25) is 0 Å². The van der Waals surface area contributed by atoms with Crippen molar-refractivity contribution in [3.63, 3.8) is 0 Å². The van der Waals surface area contributed by atoms with E-state index in [9.17, 15) is 5.11 Å². The van der Waals surface area contributed by atoms with Crippen molar-refractivity contribution in [1.82, 2.24) is 9.88 Å². The molecule has 1 aromatic rings. The predicted molar refractivity (Wildman–Crippen MR) is 65.1 cm³/mol. The van der Waals surface area contributed by atoms with E-state index in [2.05, 4.69) is 49.0 Å². The first-order valence-corrected chi connectivity index (χ1v) is 6.11. The lowest BCUT2D eigenvalue weighted by Crippen LogP contribution is -2.59. The number of nitrogens with zero attached hydrogens (tertiary/aromatic N) is 1. The second-order valence-corrected chi connectivity index (χ2v) is 5.29. The van der Waals surface area contributed by atoms with Gasteiger partial charge in [-0.05, 0) is 25.5 Å². The Bertz CT molecular complexity index is 357. The van der Waals surface area contributed by atoms with E-state index in [1.54, 1.807) is 0 Å². The zero-order valence-electron chi connectivity index (χ0n) is 10.4. The van der Waals surface area contributed by atoms with Crippen LogP contribution in [0.3, 0.4) is 0 Å². The molecule has 0 amide bonds. The van der Waals surface area contributed by atoms with Crippen LogP contribution in [-0.2, 0) is 13.1 Å². The second kappa shape index (κ2) is 4.22. The third kappa shape index (κ3) is 1.89. The highest BCUT2D eigenvalue weighted by molar-refractivity contribution is 5.09. The van der Waals surface area contributed by atoms with Crippen LogP contribution in [0.25, 0.3) is 0 Å². The number of hydrogen-bond donors (Lipinski definition) is 2. The first-order valence-electron chi connectivity index (χ1n) is 6.11. The Morgan fingerprint density at radius 3 is 2.88 bits per heavy atom. The van der Waals surface area contributed by atoms with E-state index in [4.69, 9.17) is 0 Å². The normalized spacial score (nSPS) is 27.8. The van der Waals surface area contributed by atoms with E-state index in [0.717, 1.165) is 19.5 Å². The first kappa shape index (κ1) is 11.7. The number of aromatic nitrogens is 1. The molecule has 2 unspecified atom stereocenters. The molecular weight excluding hydrogens is 200 g/mol. The smallest absolute Gasteiger partial charge is 0.0621 e. The standard InChI is InChI=1S/C13H22N2O/c1-4-15-7-5-6-10(15)9-14-11-8-12(16)13(11,2)3/h5-7,11-12,14,16H,4,8-9H2,1-3H3. The van der Waals surface area contributed by atoms with Gasteiger partial charge >= 0.3 is 0 Å². The molecule has 1 aliphatic rings. The van der Waals surface area contributed by atoms with Crippen molar-refractivity contribution in [3.05, 3.63) is 24.0 Å². The molecule has 3 nitrogen and oxygen atoms in total. The van der Waals surface area contributed by atoms with E-state index >= 15 is 0 Å². The van der Waals surface area contributed by atoms with Gasteiger partial charge in [-0.2, -0.15) is 0 Å². The van der Waals surface area contributed by atoms with Gasteiger partial charge in [0.25, 0.3) is 0 Å². The average Bonchev–Trinajstić information content (AvgIpc) is 2.71. The van der Waals surface area contributed by atoms with Crippen LogP contribution in [-0.4, -0.2) is 21.8 Å². The third-order valence-corrected chi connectivity index (χ3v) is 4.01. The van der Waals surface area contributed by atoms with Gasteiger partial charge in [0.1, 0.15) is 0 Å². The summed E-state index contributed by atoms with van der Waals surface area (Å²) in [5, 5.41) is 13.2. The number of rotatable bonds is 4. The SMILES string of the molecule is CCn1cccc1CNC1CC(O)C1(C)C. The van der Waals surface area contributed by atoms with Gasteiger partial charge in [-0.25, -0.2) is 0 Å². The maximum Gasteiger partial charge on any atom is 0.0621 e. The molecule has 1 aliphatic carbocycles. The van der Waals surface area contributed by atoms with Gasteiger partial charge in [-0.1, -0.05) is 13.8 Å². The molecule has 0 saturated heterocycles. The van der Waals surface area contributed by atoms with Crippen molar-refractivity contribution >= 4 is 0 Å². The van der Waals surface area contributed by atoms with Crippen molar-refractivity contribution in [3.8, 4) is 0 Å². The summed E-state index contributed by atoms with van der Waals surface area (Å²) in [6, 6.07) is 4.67. The molecule has 2 rings (SSSR count). The summed E-state index contributed by atoms with van der Waals surface area (Å²) in [5.74, 6) is 0. The molecule has 3 heteroatoms. The Hall–Kier alpha value is -0.800. The van der Waals surface area contributed by atoms with Crippen LogP contribution in [0, 0.1) is 5.41 Å². The summed E-state index contributed by atoms with van der Waals surface area (Å²) in [5.41, 5.74) is 1.34. The Morgan fingerprint density at radius 2 is 2.31 bits per heavy atom. The molecule has 2 atom stereocenters. The Labute approximate surface area is 97.5 Å². The second-order valence-electron chi connectivity index (χ2n) is 5.29. The van der Waals surface area contributed by atoms with Crippen LogP contribution in [0.15, 0.2) is 18.3 Å². The fraction of sp³-hybridized carbons (Fsp3) is 0.692. The number of aliphatic hydroxyl groups excluding tert-OH is 1. The van der Waals surface area contributed by atoms with Crippen molar-refractivity contribution in [1.29, 1.82) is 0 Å². The Kier molecular flexibility index (Phi) is 3.08. The van der Waals surface area contributed by atoms with E-state index in [-0.39, 0.29) is 11.5 Å². The molecule has 1 heterocycles. The molecule has 0 spiro atoms. The first-order chi connectivity index (χ1) is 7.55. The zero-order chi connectivity index (χ0) is 11.8.